The molecule has 1 aromatic heterocycles. The Morgan fingerprint density at radius 1 is 1.16 bits per heavy atom. The number of H-pyrrole nitrogens is 1. The maximum Gasteiger partial charge on any atom is 0.283 e. The average molecular weight is 515 g/mol. The summed E-state index contributed by atoms with van der Waals surface area (Å²) in [7, 11) is 0. The highest BCUT2D eigenvalue weighted by molar-refractivity contribution is 5.85. The number of para-hydroxylation sites is 1. The molecule has 1 atom stereocenters. The number of hydrogen-bond donors (Lipinski definition) is 3. The van der Waals surface area contributed by atoms with Gasteiger partial charge in [0.1, 0.15) is 12.4 Å². The number of aromatic amines is 1. The van der Waals surface area contributed by atoms with Gasteiger partial charge in [-0.15, -0.1) is 0 Å². The molecule has 0 spiro atoms. The molecule has 0 amide bonds. The molecule has 1 unspecified atom stereocenters. The fourth-order valence-electron chi connectivity index (χ4n) is 5.91. The third kappa shape index (κ3) is 5.11. The number of nitrogens with zero attached hydrogens (tertiary/aromatic N) is 2. The molecule has 200 valence electrons. The van der Waals surface area contributed by atoms with Crippen LogP contribution >= 0.6 is 0 Å². The first-order valence-corrected chi connectivity index (χ1v) is 13.2. The highest BCUT2D eigenvalue weighted by atomic mass is 19.3. The fraction of sp³-hybridized carbons (Fsp3) is 0.517. The molecule has 0 saturated carbocycles. The second-order valence-electron chi connectivity index (χ2n) is 11.3. The lowest BCUT2D eigenvalue weighted by Crippen LogP contribution is -2.56. The van der Waals surface area contributed by atoms with E-state index in [1.807, 2.05) is 44.2 Å². The van der Waals surface area contributed by atoms with Gasteiger partial charge in [-0.05, 0) is 57.0 Å². The van der Waals surface area contributed by atoms with Crippen molar-refractivity contribution in [3.05, 3.63) is 65.1 Å². The summed E-state index contributed by atoms with van der Waals surface area (Å²) < 4.78 is 45.0. The number of rotatable bonds is 9. The second kappa shape index (κ2) is 9.97. The number of aliphatic hydroxyl groups excluding tert-OH is 1. The third-order valence-electron chi connectivity index (χ3n) is 7.90. The van der Waals surface area contributed by atoms with Crippen LogP contribution < -0.4 is 5.32 Å². The number of aliphatic hydroxyl groups is 1. The van der Waals surface area contributed by atoms with Crippen molar-refractivity contribution in [2.45, 2.75) is 63.6 Å². The van der Waals surface area contributed by atoms with Crippen LogP contribution in [0.5, 0.6) is 0 Å². The van der Waals surface area contributed by atoms with Crippen molar-refractivity contribution < 1.29 is 18.3 Å². The van der Waals surface area contributed by atoms with Gasteiger partial charge < -0.3 is 15.4 Å². The molecule has 0 radical (unpaired) electrons. The molecule has 1 fully saturated rings. The number of nitrogens with one attached hydrogen (secondary N) is 2. The van der Waals surface area contributed by atoms with Gasteiger partial charge in [0.15, 0.2) is 0 Å². The Morgan fingerprint density at radius 2 is 1.92 bits per heavy atom. The Hall–Kier alpha value is -2.55. The van der Waals surface area contributed by atoms with Gasteiger partial charge in [0, 0.05) is 46.5 Å². The molecule has 3 aromatic rings. The highest BCUT2D eigenvalue weighted by Crippen LogP contribution is 2.46. The van der Waals surface area contributed by atoms with E-state index >= 15 is 4.39 Å². The third-order valence-corrected chi connectivity index (χ3v) is 7.90. The standard InChI is InChI=1S/C29H37F3N4O/c1-4-5-12-35-15-20(16-35)33-19-10-11-22(24(30)13-19)27-26-23(21-8-6-7-9-25(21)34-26)14-28(2,3)36(27)17-29(31,32)18-37/h6-11,13,20,27,33-34,37H,4-5,12,14-18H2,1-3H3. The zero-order valence-corrected chi connectivity index (χ0v) is 21.8. The Bertz CT molecular complexity index is 1250. The lowest BCUT2D eigenvalue weighted by atomic mass is 9.81. The lowest BCUT2D eigenvalue weighted by molar-refractivity contribution is -0.100. The number of halogens is 3. The summed E-state index contributed by atoms with van der Waals surface area (Å²) in [6.07, 6.45) is 2.87. The molecule has 2 aliphatic rings. The summed E-state index contributed by atoms with van der Waals surface area (Å²) >= 11 is 0. The minimum atomic E-state index is -3.31. The topological polar surface area (TPSA) is 54.5 Å². The first kappa shape index (κ1) is 26.1. The maximum atomic E-state index is 15.8. The van der Waals surface area contributed by atoms with Crippen LogP contribution in [0, 0.1) is 5.82 Å². The van der Waals surface area contributed by atoms with Crippen LogP contribution in [0.25, 0.3) is 10.9 Å². The molecule has 0 aliphatic carbocycles. The molecule has 2 aromatic carbocycles. The Morgan fingerprint density at radius 3 is 2.62 bits per heavy atom. The van der Waals surface area contributed by atoms with Gasteiger partial charge in [0.2, 0.25) is 0 Å². The van der Waals surface area contributed by atoms with Gasteiger partial charge in [-0.25, -0.2) is 13.2 Å². The molecule has 5 rings (SSSR count). The van der Waals surface area contributed by atoms with E-state index in [-0.39, 0.29) is 6.04 Å². The molecule has 3 heterocycles. The minimum absolute atomic E-state index is 0.274. The molecular weight excluding hydrogens is 477 g/mol. The maximum absolute atomic E-state index is 15.8. The molecule has 8 heteroatoms. The summed E-state index contributed by atoms with van der Waals surface area (Å²) in [6.45, 7) is 7.02. The number of unbranched alkanes of at least 4 members (excludes halogenated alkanes) is 1. The summed E-state index contributed by atoms with van der Waals surface area (Å²) in [6, 6.07) is 12.4. The van der Waals surface area contributed by atoms with Crippen molar-refractivity contribution in [3.8, 4) is 0 Å². The fourth-order valence-corrected chi connectivity index (χ4v) is 5.91. The van der Waals surface area contributed by atoms with Crippen molar-refractivity contribution in [1.82, 2.24) is 14.8 Å². The van der Waals surface area contributed by atoms with Crippen molar-refractivity contribution in [1.29, 1.82) is 0 Å². The van der Waals surface area contributed by atoms with Crippen LogP contribution in [0.15, 0.2) is 42.5 Å². The number of hydrogen-bond acceptors (Lipinski definition) is 4. The molecule has 1 saturated heterocycles. The number of benzene rings is 2. The van der Waals surface area contributed by atoms with Crippen LogP contribution in [-0.2, 0) is 6.42 Å². The smallest absolute Gasteiger partial charge is 0.283 e. The van der Waals surface area contributed by atoms with E-state index in [0.717, 1.165) is 41.8 Å². The van der Waals surface area contributed by atoms with Crippen molar-refractivity contribution in [2.24, 2.45) is 0 Å². The zero-order valence-electron chi connectivity index (χ0n) is 21.8. The molecule has 5 nitrogen and oxygen atoms in total. The largest absolute Gasteiger partial charge is 0.390 e. The Labute approximate surface area is 216 Å². The quantitative estimate of drug-likeness (QED) is 0.350. The normalized spacial score (nSPS) is 20.7. The van der Waals surface area contributed by atoms with E-state index < -0.39 is 36.5 Å². The molecule has 3 N–H and O–H groups in total. The van der Waals surface area contributed by atoms with E-state index in [4.69, 9.17) is 0 Å². The van der Waals surface area contributed by atoms with Crippen LogP contribution in [-0.4, -0.2) is 70.2 Å². The average Bonchev–Trinajstić information content (AvgIpc) is 3.18. The second-order valence-corrected chi connectivity index (χ2v) is 11.3. The van der Waals surface area contributed by atoms with E-state index in [9.17, 15) is 13.9 Å². The number of aromatic nitrogens is 1. The van der Waals surface area contributed by atoms with Crippen molar-refractivity contribution in [3.63, 3.8) is 0 Å². The number of alkyl halides is 2. The van der Waals surface area contributed by atoms with Crippen LogP contribution in [0.3, 0.4) is 0 Å². The molecular formula is C29H37F3N4O. The SMILES string of the molecule is CCCCN1CC(Nc2ccc(C3c4[nH]c5ccccc5c4CC(C)(C)N3CC(F)(F)CO)c(F)c2)C1. The summed E-state index contributed by atoms with van der Waals surface area (Å²) in [5.74, 6) is -3.75. The number of likely N-dealkylation sites (tertiary alicyclic amines) is 1. The number of anilines is 1. The van der Waals surface area contributed by atoms with E-state index in [1.54, 1.807) is 11.0 Å². The highest BCUT2D eigenvalue weighted by Gasteiger charge is 2.47. The predicted octanol–water partition coefficient (Wildman–Crippen LogP) is 5.56. The van der Waals surface area contributed by atoms with Crippen molar-refractivity contribution in [2.75, 3.05) is 38.1 Å². The van der Waals surface area contributed by atoms with E-state index in [2.05, 4.69) is 22.1 Å². The molecule has 37 heavy (non-hydrogen) atoms. The summed E-state index contributed by atoms with van der Waals surface area (Å²) in [5, 5.41) is 13.8. The van der Waals surface area contributed by atoms with Gasteiger partial charge in [0.05, 0.1) is 18.6 Å². The first-order chi connectivity index (χ1) is 17.6. The Balaban J connectivity index is 1.49. The Kier molecular flexibility index (Phi) is 7.02. The van der Waals surface area contributed by atoms with Gasteiger partial charge >= 0.3 is 0 Å². The van der Waals surface area contributed by atoms with Crippen LogP contribution in [0.2, 0.25) is 0 Å². The minimum Gasteiger partial charge on any atom is -0.390 e. The number of fused-ring (bicyclic) bond motifs is 3. The summed E-state index contributed by atoms with van der Waals surface area (Å²) in [5.41, 5.74) is 3.01. The summed E-state index contributed by atoms with van der Waals surface area (Å²) in [4.78, 5) is 7.44. The van der Waals surface area contributed by atoms with Crippen LogP contribution in [0.1, 0.15) is 56.5 Å². The van der Waals surface area contributed by atoms with Gasteiger partial charge in [-0.2, -0.15) is 0 Å². The molecule has 2 aliphatic heterocycles. The molecule has 0 bridgehead atoms. The lowest BCUT2D eigenvalue weighted by Gasteiger charge is -2.48. The van der Waals surface area contributed by atoms with Crippen LogP contribution in [0.4, 0.5) is 18.9 Å². The van der Waals surface area contributed by atoms with E-state index in [0.29, 0.717) is 17.7 Å². The first-order valence-electron chi connectivity index (χ1n) is 13.2. The van der Waals surface area contributed by atoms with Gasteiger partial charge in [-0.3, -0.25) is 9.80 Å². The monoisotopic (exact) mass is 514 g/mol. The van der Waals surface area contributed by atoms with E-state index in [1.165, 1.54) is 18.9 Å². The van der Waals surface area contributed by atoms with Gasteiger partial charge in [0.25, 0.3) is 5.92 Å². The van der Waals surface area contributed by atoms with Gasteiger partial charge in [-0.1, -0.05) is 37.6 Å². The predicted molar refractivity (Wildman–Crippen MR) is 142 cm³/mol. The van der Waals surface area contributed by atoms with Crippen molar-refractivity contribution >= 4 is 16.6 Å². The zero-order chi connectivity index (χ0) is 26.4.